The summed E-state index contributed by atoms with van der Waals surface area (Å²) < 4.78 is 0.986. The van der Waals surface area contributed by atoms with Gasteiger partial charge in [-0.25, -0.2) is 0 Å². The Morgan fingerprint density at radius 2 is 2.00 bits per heavy atom. The first-order valence-corrected chi connectivity index (χ1v) is 7.17. The van der Waals surface area contributed by atoms with E-state index in [0.717, 1.165) is 35.8 Å². The molecule has 2 nitrogen and oxygen atoms in total. The van der Waals surface area contributed by atoms with Gasteiger partial charge in [-0.15, -0.1) is 0 Å². The van der Waals surface area contributed by atoms with Gasteiger partial charge < -0.3 is 10.4 Å². The third-order valence-electron chi connectivity index (χ3n) is 3.32. The lowest BCUT2D eigenvalue weighted by atomic mass is 9.85. The third-order valence-corrected chi connectivity index (χ3v) is 4.14. The summed E-state index contributed by atoms with van der Waals surface area (Å²) in [7, 11) is 0. The first-order valence-electron chi connectivity index (χ1n) is 6.00. The minimum Gasteiger partial charge on any atom is -0.388 e. The highest BCUT2D eigenvalue weighted by atomic mass is 79.9. The summed E-state index contributed by atoms with van der Waals surface area (Å²) in [6, 6.07) is 5.69. The third kappa shape index (κ3) is 3.60. The van der Waals surface area contributed by atoms with Crippen LogP contribution in [-0.4, -0.2) is 17.3 Å². The van der Waals surface area contributed by atoms with Crippen LogP contribution in [0.5, 0.6) is 0 Å². The molecule has 4 heteroatoms. The molecule has 0 heterocycles. The molecule has 1 fully saturated rings. The molecule has 0 aromatic heterocycles. The van der Waals surface area contributed by atoms with Crippen LogP contribution < -0.4 is 5.32 Å². The largest absolute Gasteiger partial charge is 0.388 e. The number of nitrogens with one attached hydrogen (secondary N) is 1. The van der Waals surface area contributed by atoms with Crippen LogP contribution in [0.15, 0.2) is 22.7 Å². The molecule has 1 aromatic rings. The fourth-order valence-corrected chi connectivity index (χ4v) is 2.82. The van der Waals surface area contributed by atoms with Crippen LogP contribution in [0.25, 0.3) is 0 Å². The molecule has 2 rings (SSSR count). The van der Waals surface area contributed by atoms with Crippen LogP contribution in [0, 0.1) is 0 Å². The van der Waals surface area contributed by atoms with Gasteiger partial charge in [-0.3, -0.25) is 0 Å². The second kappa shape index (κ2) is 5.59. The van der Waals surface area contributed by atoms with E-state index in [0.29, 0.717) is 11.6 Å². The molecule has 1 aliphatic rings. The van der Waals surface area contributed by atoms with Crippen molar-refractivity contribution in [1.29, 1.82) is 0 Å². The smallest absolute Gasteiger partial charge is 0.0819 e. The second-order valence-corrected chi connectivity index (χ2v) is 6.09. The van der Waals surface area contributed by atoms with Crippen molar-refractivity contribution in [2.24, 2.45) is 0 Å². The number of benzene rings is 1. The molecule has 94 valence electrons. The topological polar surface area (TPSA) is 32.3 Å². The van der Waals surface area contributed by atoms with Crippen molar-refractivity contribution in [3.63, 3.8) is 0 Å². The van der Waals surface area contributed by atoms with Crippen molar-refractivity contribution >= 4 is 33.2 Å². The van der Waals surface area contributed by atoms with Gasteiger partial charge in [0.15, 0.2) is 0 Å². The Balaban J connectivity index is 1.99. The summed E-state index contributed by atoms with van der Waals surface area (Å²) >= 11 is 9.51. The lowest BCUT2D eigenvalue weighted by Gasteiger charge is -2.32. The van der Waals surface area contributed by atoms with Crippen molar-refractivity contribution in [2.45, 2.75) is 37.7 Å². The van der Waals surface area contributed by atoms with Crippen LogP contribution in [-0.2, 0) is 0 Å². The van der Waals surface area contributed by atoms with E-state index in [1.165, 1.54) is 6.42 Å². The van der Waals surface area contributed by atoms with Gasteiger partial charge >= 0.3 is 0 Å². The number of rotatable bonds is 3. The number of aliphatic hydroxyl groups is 1. The normalized spacial score (nSPS) is 19.0. The first kappa shape index (κ1) is 13.2. The molecule has 0 amide bonds. The molecule has 1 saturated carbocycles. The van der Waals surface area contributed by atoms with Crippen molar-refractivity contribution in [3.8, 4) is 0 Å². The van der Waals surface area contributed by atoms with Crippen LogP contribution in [0.1, 0.15) is 32.1 Å². The molecule has 17 heavy (non-hydrogen) atoms. The zero-order valence-electron chi connectivity index (χ0n) is 9.68. The average molecular weight is 319 g/mol. The van der Waals surface area contributed by atoms with Crippen LogP contribution in [0.3, 0.4) is 0 Å². The number of hydrogen-bond acceptors (Lipinski definition) is 2. The van der Waals surface area contributed by atoms with Crippen molar-refractivity contribution < 1.29 is 5.11 Å². The highest BCUT2D eigenvalue weighted by Crippen LogP contribution is 2.30. The van der Waals surface area contributed by atoms with Gasteiger partial charge in [0, 0.05) is 11.0 Å². The van der Waals surface area contributed by atoms with E-state index >= 15 is 0 Å². The average Bonchev–Trinajstić information content (AvgIpc) is 2.31. The summed E-state index contributed by atoms with van der Waals surface area (Å²) in [5.74, 6) is 0. The summed E-state index contributed by atoms with van der Waals surface area (Å²) in [6.07, 6.45) is 5.23. The van der Waals surface area contributed by atoms with Gasteiger partial charge in [0.25, 0.3) is 0 Å². The quantitative estimate of drug-likeness (QED) is 0.875. The molecule has 0 atom stereocenters. The van der Waals surface area contributed by atoms with E-state index in [9.17, 15) is 5.11 Å². The zero-order chi connectivity index (χ0) is 12.3. The molecular formula is C13H17BrClNO. The lowest BCUT2D eigenvalue weighted by Crippen LogP contribution is -2.38. The fraction of sp³-hybridized carbons (Fsp3) is 0.538. The molecule has 0 bridgehead atoms. The monoisotopic (exact) mass is 317 g/mol. The van der Waals surface area contributed by atoms with E-state index in [1.54, 1.807) is 0 Å². The van der Waals surface area contributed by atoms with Gasteiger partial charge in [0.05, 0.1) is 16.3 Å². The Labute approximate surface area is 115 Å². The van der Waals surface area contributed by atoms with Gasteiger partial charge in [-0.2, -0.15) is 0 Å². The minimum absolute atomic E-state index is 0.566. The number of hydrogen-bond donors (Lipinski definition) is 2. The van der Waals surface area contributed by atoms with Crippen LogP contribution >= 0.6 is 27.5 Å². The maximum Gasteiger partial charge on any atom is 0.0819 e. The molecule has 0 spiro atoms. The number of anilines is 1. The predicted molar refractivity (Wildman–Crippen MR) is 75.7 cm³/mol. The Bertz CT molecular complexity index is 391. The van der Waals surface area contributed by atoms with Crippen LogP contribution in [0.4, 0.5) is 5.69 Å². The van der Waals surface area contributed by atoms with Crippen molar-refractivity contribution in [2.75, 3.05) is 11.9 Å². The molecule has 0 radical (unpaired) electrons. The Hall–Kier alpha value is -0.250. The van der Waals surface area contributed by atoms with E-state index in [-0.39, 0.29) is 0 Å². The van der Waals surface area contributed by atoms with Crippen LogP contribution in [0.2, 0.25) is 5.02 Å². The standard InChI is InChI=1S/C13H17BrClNO/c14-10-4-5-11(15)12(8-10)16-9-13(17)6-2-1-3-7-13/h4-5,8,16-17H,1-3,6-7,9H2. The van der Waals surface area contributed by atoms with Gasteiger partial charge in [-0.1, -0.05) is 46.8 Å². The molecular weight excluding hydrogens is 302 g/mol. The molecule has 1 aromatic carbocycles. The Morgan fingerprint density at radius 3 is 2.71 bits per heavy atom. The second-order valence-electron chi connectivity index (χ2n) is 4.76. The van der Waals surface area contributed by atoms with E-state index < -0.39 is 5.60 Å². The van der Waals surface area contributed by atoms with Gasteiger partial charge in [0.1, 0.15) is 0 Å². The molecule has 1 aliphatic carbocycles. The molecule has 0 saturated heterocycles. The predicted octanol–water partition coefficient (Wildman–Crippen LogP) is 4.21. The maximum absolute atomic E-state index is 10.4. The zero-order valence-corrected chi connectivity index (χ0v) is 12.0. The number of halogens is 2. The summed E-state index contributed by atoms with van der Waals surface area (Å²) in [5, 5.41) is 14.3. The van der Waals surface area contributed by atoms with E-state index in [1.807, 2.05) is 18.2 Å². The summed E-state index contributed by atoms with van der Waals surface area (Å²) in [4.78, 5) is 0. The van der Waals surface area contributed by atoms with Gasteiger partial charge in [-0.05, 0) is 31.0 Å². The Kier molecular flexibility index (Phi) is 4.34. The minimum atomic E-state index is -0.566. The maximum atomic E-state index is 10.4. The molecule has 2 N–H and O–H groups in total. The molecule has 0 aliphatic heterocycles. The molecule has 0 unspecified atom stereocenters. The summed E-state index contributed by atoms with van der Waals surface area (Å²) in [6.45, 7) is 0.573. The van der Waals surface area contributed by atoms with E-state index in [2.05, 4.69) is 21.2 Å². The Morgan fingerprint density at radius 1 is 1.29 bits per heavy atom. The van der Waals surface area contributed by atoms with Crippen molar-refractivity contribution in [1.82, 2.24) is 0 Å². The van der Waals surface area contributed by atoms with Crippen molar-refractivity contribution in [3.05, 3.63) is 27.7 Å². The van der Waals surface area contributed by atoms with E-state index in [4.69, 9.17) is 11.6 Å². The SMILES string of the molecule is OC1(CNc2cc(Br)ccc2Cl)CCCCC1. The highest BCUT2D eigenvalue weighted by Gasteiger charge is 2.28. The first-order chi connectivity index (χ1) is 8.09. The summed E-state index contributed by atoms with van der Waals surface area (Å²) in [5.41, 5.74) is 0.309. The highest BCUT2D eigenvalue weighted by molar-refractivity contribution is 9.10. The lowest BCUT2D eigenvalue weighted by molar-refractivity contribution is 0.0167. The van der Waals surface area contributed by atoms with Gasteiger partial charge in [0.2, 0.25) is 0 Å². The fourth-order valence-electron chi connectivity index (χ4n) is 2.28.